The van der Waals surface area contributed by atoms with Crippen molar-refractivity contribution in [3.05, 3.63) is 34.8 Å². The Labute approximate surface area is 133 Å². The lowest BCUT2D eigenvalue weighted by Gasteiger charge is -2.33. The first-order valence-corrected chi connectivity index (χ1v) is 8.06. The van der Waals surface area contributed by atoms with Gasteiger partial charge in [-0.2, -0.15) is 5.10 Å². The van der Waals surface area contributed by atoms with Crippen LogP contribution in [-0.2, 0) is 0 Å². The molecule has 4 rings (SSSR count). The molecule has 1 atom stereocenters. The van der Waals surface area contributed by atoms with Gasteiger partial charge < -0.3 is 4.98 Å². The minimum Gasteiger partial charge on any atom is -0.356 e. The lowest BCUT2D eigenvalue weighted by atomic mass is 9.94. The van der Waals surface area contributed by atoms with Crippen LogP contribution in [0.25, 0.3) is 10.9 Å². The van der Waals surface area contributed by atoms with Gasteiger partial charge in [-0.1, -0.05) is 13.3 Å². The van der Waals surface area contributed by atoms with Crippen molar-refractivity contribution < 1.29 is 9.18 Å². The van der Waals surface area contributed by atoms with E-state index in [1.807, 2.05) is 0 Å². The van der Waals surface area contributed by atoms with E-state index in [-0.39, 0.29) is 11.9 Å². The minimum atomic E-state index is -0.416. The van der Waals surface area contributed by atoms with E-state index in [4.69, 9.17) is 0 Å². The lowest BCUT2D eigenvalue weighted by molar-refractivity contribution is 0.0956. The number of carbonyl (C=O) groups excluding carboxylic acids is 1. The number of unbranched alkanes of at least 4 members (excludes halogenated alkanes) is 1. The van der Waals surface area contributed by atoms with Crippen LogP contribution in [0.2, 0.25) is 0 Å². The van der Waals surface area contributed by atoms with Crippen LogP contribution in [0.4, 0.5) is 4.39 Å². The molecule has 0 unspecified atom stereocenters. The van der Waals surface area contributed by atoms with E-state index in [1.54, 1.807) is 0 Å². The predicted molar refractivity (Wildman–Crippen MR) is 87.2 cm³/mol. The molecule has 1 aromatic heterocycles. The molecule has 1 amide bonds. The monoisotopic (exact) mass is 314 g/mol. The largest absolute Gasteiger partial charge is 0.356 e. The van der Waals surface area contributed by atoms with Crippen molar-refractivity contribution in [2.75, 3.05) is 13.1 Å². The maximum Gasteiger partial charge on any atom is 0.272 e. The molecule has 23 heavy (non-hydrogen) atoms. The first kappa shape index (κ1) is 14.4. The number of nitrogens with one attached hydrogen (secondary N) is 2. The van der Waals surface area contributed by atoms with Crippen molar-refractivity contribution in [1.82, 2.24) is 15.3 Å². The number of halogens is 1. The van der Waals surface area contributed by atoms with Crippen LogP contribution in [0.5, 0.6) is 0 Å². The third-order valence-electron chi connectivity index (χ3n) is 4.83. The molecule has 3 heterocycles. The Morgan fingerprint density at radius 1 is 1.43 bits per heavy atom. The van der Waals surface area contributed by atoms with Crippen LogP contribution in [0.1, 0.15) is 54.3 Å². The van der Waals surface area contributed by atoms with E-state index in [2.05, 4.69) is 34.3 Å². The van der Waals surface area contributed by atoms with E-state index < -0.39 is 5.82 Å². The van der Waals surface area contributed by atoms with Gasteiger partial charge >= 0.3 is 0 Å². The number of aromatic nitrogens is 1. The van der Waals surface area contributed by atoms with Crippen molar-refractivity contribution in [3.63, 3.8) is 0 Å². The van der Waals surface area contributed by atoms with Crippen LogP contribution in [-0.4, -0.2) is 34.6 Å². The summed E-state index contributed by atoms with van der Waals surface area (Å²) in [6.45, 7) is 5.98. The summed E-state index contributed by atoms with van der Waals surface area (Å²) in [6.07, 6.45) is 2.24. The van der Waals surface area contributed by atoms with Crippen LogP contribution in [0.3, 0.4) is 0 Å². The maximum atomic E-state index is 13.9. The molecule has 2 aliphatic heterocycles. The SMILES string of the molecule is CCCCN1CC2=NNC(=O)c3cc(F)cc4[nH]c(c2c34)[C@@H]1C. The highest BCUT2D eigenvalue weighted by Crippen LogP contribution is 2.37. The Morgan fingerprint density at radius 3 is 3.04 bits per heavy atom. The van der Waals surface area contributed by atoms with Gasteiger partial charge in [-0.15, -0.1) is 0 Å². The third-order valence-corrected chi connectivity index (χ3v) is 4.83. The van der Waals surface area contributed by atoms with Crippen molar-refractivity contribution in [2.45, 2.75) is 32.7 Å². The van der Waals surface area contributed by atoms with Crippen LogP contribution < -0.4 is 5.43 Å². The summed E-state index contributed by atoms with van der Waals surface area (Å²) in [5, 5.41) is 5.09. The third kappa shape index (κ3) is 2.09. The van der Waals surface area contributed by atoms with E-state index >= 15 is 0 Å². The van der Waals surface area contributed by atoms with Crippen LogP contribution in [0.15, 0.2) is 17.2 Å². The fourth-order valence-corrected chi connectivity index (χ4v) is 3.60. The first-order valence-electron chi connectivity index (χ1n) is 8.06. The molecular weight excluding hydrogens is 295 g/mol. The maximum absolute atomic E-state index is 13.9. The average molecular weight is 314 g/mol. The molecule has 0 spiro atoms. The lowest BCUT2D eigenvalue weighted by Crippen LogP contribution is -2.39. The molecule has 2 N–H and O–H groups in total. The van der Waals surface area contributed by atoms with Crippen LogP contribution in [0, 0.1) is 5.82 Å². The summed E-state index contributed by atoms with van der Waals surface area (Å²) in [4.78, 5) is 17.9. The predicted octanol–water partition coefficient (Wildman–Crippen LogP) is 2.93. The summed E-state index contributed by atoms with van der Waals surface area (Å²) < 4.78 is 13.9. The van der Waals surface area contributed by atoms with Crippen LogP contribution >= 0.6 is 0 Å². The molecule has 6 heteroatoms. The topological polar surface area (TPSA) is 60.5 Å². The van der Waals surface area contributed by atoms with Gasteiger partial charge in [0.1, 0.15) is 5.82 Å². The molecule has 120 valence electrons. The smallest absolute Gasteiger partial charge is 0.272 e. The summed E-state index contributed by atoms with van der Waals surface area (Å²) in [6, 6.07) is 2.93. The van der Waals surface area contributed by atoms with E-state index in [0.717, 1.165) is 41.7 Å². The highest BCUT2D eigenvalue weighted by molar-refractivity contribution is 6.21. The molecule has 2 aromatic rings. The van der Waals surface area contributed by atoms with Gasteiger partial charge in [-0.05, 0) is 32.0 Å². The summed E-state index contributed by atoms with van der Waals surface area (Å²) in [7, 11) is 0. The molecule has 0 aliphatic carbocycles. The number of carbonyl (C=O) groups is 1. The highest BCUT2D eigenvalue weighted by atomic mass is 19.1. The fraction of sp³-hybridized carbons (Fsp3) is 0.412. The van der Waals surface area contributed by atoms with Gasteiger partial charge in [0.25, 0.3) is 5.91 Å². The summed E-state index contributed by atoms with van der Waals surface area (Å²) in [5.74, 6) is -0.772. The fourth-order valence-electron chi connectivity index (χ4n) is 3.60. The summed E-state index contributed by atoms with van der Waals surface area (Å²) in [5.41, 5.74) is 6.41. The normalized spacial score (nSPS) is 20.4. The molecule has 0 fully saturated rings. The Hall–Kier alpha value is -2.21. The van der Waals surface area contributed by atoms with Gasteiger partial charge in [0.15, 0.2) is 0 Å². The molecule has 2 aliphatic rings. The molecule has 0 saturated heterocycles. The number of benzene rings is 1. The van der Waals surface area contributed by atoms with E-state index in [0.29, 0.717) is 17.6 Å². The second-order valence-electron chi connectivity index (χ2n) is 6.29. The Kier molecular flexibility index (Phi) is 3.23. The summed E-state index contributed by atoms with van der Waals surface area (Å²) >= 11 is 0. The number of amides is 1. The molecule has 0 saturated carbocycles. The van der Waals surface area contributed by atoms with Crippen molar-refractivity contribution in [1.29, 1.82) is 0 Å². The Bertz CT molecular complexity index is 839. The number of rotatable bonds is 3. The second kappa shape index (κ2) is 5.16. The van der Waals surface area contributed by atoms with Gasteiger partial charge in [0, 0.05) is 29.2 Å². The zero-order chi connectivity index (χ0) is 16.1. The number of nitrogens with zero attached hydrogens (tertiary/aromatic N) is 2. The van der Waals surface area contributed by atoms with Gasteiger partial charge in [0.05, 0.1) is 16.8 Å². The Morgan fingerprint density at radius 2 is 2.26 bits per heavy atom. The molecule has 5 nitrogen and oxygen atoms in total. The number of H-pyrrole nitrogens is 1. The van der Waals surface area contributed by atoms with Gasteiger partial charge in [0.2, 0.25) is 0 Å². The van der Waals surface area contributed by atoms with Gasteiger partial charge in [-0.25, -0.2) is 9.82 Å². The average Bonchev–Trinajstić information content (AvgIpc) is 2.85. The van der Waals surface area contributed by atoms with Crippen molar-refractivity contribution in [3.8, 4) is 0 Å². The van der Waals surface area contributed by atoms with Crippen molar-refractivity contribution >= 4 is 22.5 Å². The Balaban J connectivity index is 1.95. The van der Waals surface area contributed by atoms with Gasteiger partial charge in [-0.3, -0.25) is 9.69 Å². The quantitative estimate of drug-likeness (QED) is 0.915. The van der Waals surface area contributed by atoms with E-state index in [9.17, 15) is 9.18 Å². The number of hydrogen-bond acceptors (Lipinski definition) is 3. The minimum absolute atomic E-state index is 0.187. The molecule has 1 aromatic carbocycles. The number of aromatic amines is 1. The van der Waals surface area contributed by atoms with E-state index in [1.165, 1.54) is 12.1 Å². The number of hydrazone groups is 1. The highest BCUT2D eigenvalue weighted by Gasteiger charge is 2.34. The number of hydrogen-bond donors (Lipinski definition) is 2. The first-order chi connectivity index (χ1) is 11.1. The standard InChI is InChI=1S/C17H19FN4O/c1-3-4-5-22-8-13-15-14-11(17(23)21-20-13)6-10(18)7-12(14)19-16(15)9(22)2/h6-7,9,19H,3-5,8H2,1-2H3,(H,21,23)/t9-/m0/s1. The zero-order valence-electron chi connectivity index (χ0n) is 13.2. The second-order valence-corrected chi connectivity index (χ2v) is 6.29. The molecular formula is C17H19FN4O. The molecule has 0 radical (unpaired) electrons. The van der Waals surface area contributed by atoms with Crippen molar-refractivity contribution in [2.24, 2.45) is 5.10 Å². The zero-order valence-corrected chi connectivity index (χ0v) is 13.2. The molecule has 0 bridgehead atoms.